The Hall–Kier alpha value is -3.04. The first-order valence-electron chi connectivity index (χ1n) is 8.44. The first-order chi connectivity index (χ1) is 13.3. The summed E-state index contributed by atoms with van der Waals surface area (Å²) in [5.41, 5.74) is -2.30. The number of nitrogens with one attached hydrogen (secondary N) is 1. The van der Waals surface area contributed by atoms with E-state index >= 15 is 0 Å². The Morgan fingerprint density at radius 3 is 2.38 bits per heavy atom. The third-order valence-corrected chi connectivity index (χ3v) is 3.61. The van der Waals surface area contributed by atoms with E-state index in [2.05, 4.69) is 5.32 Å². The lowest BCUT2D eigenvalue weighted by Crippen LogP contribution is -2.44. The minimum absolute atomic E-state index is 0.00749. The van der Waals surface area contributed by atoms with Crippen molar-refractivity contribution in [3.05, 3.63) is 47.5 Å². The van der Waals surface area contributed by atoms with Crippen LogP contribution in [0.15, 0.2) is 34.7 Å². The molecule has 0 spiro atoms. The number of alkyl carbamates (subject to hydrolysis) is 1. The zero-order valence-corrected chi connectivity index (χ0v) is 15.8. The van der Waals surface area contributed by atoms with Gasteiger partial charge in [0.15, 0.2) is 0 Å². The number of carboxylic acid groups (broad SMARTS) is 1. The predicted molar refractivity (Wildman–Crippen MR) is 93.6 cm³/mol. The van der Waals surface area contributed by atoms with Crippen molar-refractivity contribution >= 4 is 12.1 Å². The molecular formula is C19H19F4NO5. The maximum absolute atomic E-state index is 13.4. The number of halogens is 4. The molecule has 0 bridgehead atoms. The number of ether oxygens (including phenoxy) is 1. The molecule has 0 aliphatic heterocycles. The number of benzene rings is 1. The van der Waals surface area contributed by atoms with Gasteiger partial charge in [-0.05, 0) is 51.1 Å². The lowest BCUT2D eigenvalue weighted by molar-refractivity contribution is -0.140. The molecule has 2 N–H and O–H groups in total. The second-order valence-electron chi connectivity index (χ2n) is 7.20. The van der Waals surface area contributed by atoms with Gasteiger partial charge in [0.25, 0.3) is 0 Å². The lowest BCUT2D eigenvalue weighted by Gasteiger charge is -2.21. The van der Waals surface area contributed by atoms with Crippen LogP contribution in [0.25, 0.3) is 11.3 Å². The Morgan fingerprint density at radius 1 is 1.17 bits per heavy atom. The average molecular weight is 417 g/mol. The van der Waals surface area contributed by atoms with Crippen LogP contribution < -0.4 is 5.32 Å². The van der Waals surface area contributed by atoms with Crippen LogP contribution in [-0.2, 0) is 22.1 Å². The van der Waals surface area contributed by atoms with Gasteiger partial charge < -0.3 is 19.6 Å². The van der Waals surface area contributed by atoms with Crippen molar-refractivity contribution in [2.24, 2.45) is 0 Å². The molecule has 2 rings (SSSR count). The molecule has 1 heterocycles. The summed E-state index contributed by atoms with van der Waals surface area (Å²) in [5.74, 6) is -2.68. The van der Waals surface area contributed by atoms with Gasteiger partial charge in [-0.25, -0.2) is 14.0 Å². The summed E-state index contributed by atoms with van der Waals surface area (Å²) in [7, 11) is 0. The average Bonchev–Trinajstić information content (AvgIpc) is 3.00. The number of rotatable bonds is 5. The first kappa shape index (κ1) is 22.3. The molecule has 1 aromatic heterocycles. The normalized spacial score (nSPS) is 13.1. The van der Waals surface area contributed by atoms with E-state index in [1.165, 1.54) is 12.1 Å². The maximum Gasteiger partial charge on any atom is 0.419 e. The van der Waals surface area contributed by atoms with Crippen molar-refractivity contribution in [1.29, 1.82) is 0 Å². The fraction of sp³-hybridized carbons (Fsp3) is 0.368. The molecule has 0 fully saturated rings. The van der Waals surface area contributed by atoms with Crippen LogP contribution in [-0.4, -0.2) is 28.8 Å². The highest BCUT2D eigenvalue weighted by molar-refractivity contribution is 5.80. The molecule has 1 aromatic carbocycles. The van der Waals surface area contributed by atoms with E-state index in [0.29, 0.717) is 12.1 Å². The SMILES string of the molecule is CC(C)(C)OC(=O)NC(Cc1ccc(-c2ccc(F)c(C(F)(F)F)c2)o1)C(=O)O. The quantitative estimate of drug-likeness (QED) is 0.693. The van der Waals surface area contributed by atoms with Crippen molar-refractivity contribution in [2.45, 2.75) is 45.0 Å². The largest absolute Gasteiger partial charge is 0.480 e. The Labute approximate surface area is 163 Å². The number of carbonyl (C=O) groups is 2. The second kappa shape index (κ2) is 8.14. The van der Waals surface area contributed by atoms with Gasteiger partial charge in [0.05, 0.1) is 5.56 Å². The number of aliphatic carboxylic acids is 1. The Kier molecular flexibility index (Phi) is 6.24. The predicted octanol–water partition coefficient (Wildman–Crippen LogP) is 4.62. The van der Waals surface area contributed by atoms with Crippen LogP contribution in [0.2, 0.25) is 0 Å². The number of carboxylic acids is 1. The van der Waals surface area contributed by atoms with E-state index in [0.717, 1.165) is 6.07 Å². The standard InChI is InChI=1S/C19H19F4NO5/c1-18(2,3)29-17(27)24-14(16(25)26)9-11-5-7-15(28-11)10-4-6-13(20)12(8-10)19(21,22)23/h4-8,14H,9H2,1-3H3,(H,24,27)(H,25,26). The van der Waals surface area contributed by atoms with Gasteiger partial charge in [0.2, 0.25) is 0 Å². The van der Waals surface area contributed by atoms with Crippen molar-refractivity contribution in [3.63, 3.8) is 0 Å². The zero-order chi connectivity index (χ0) is 22.0. The number of hydrogen-bond donors (Lipinski definition) is 2. The first-order valence-corrected chi connectivity index (χ1v) is 8.44. The summed E-state index contributed by atoms with van der Waals surface area (Å²) in [4.78, 5) is 23.2. The van der Waals surface area contributed by atoms with Crippen LogP contribution >= 0.6 is 0 Å². The summed E-state index contributed by atoms with van der Waals surface area (Å²) in [6.45, 7) is 4.83. The second-order valence-corrected chi connectivity index (χ2v) is 7.20. The fourth-order valence-corrected chi connectivity index (χ4v) is 2.39. The molecule has 0 radical (unpaired) electrons. The number of hydrogen-bond acceptors (Lipinski definition) is 4. The zero-order valence-electron chi connectivity index (χ0n) is 15.8. The number of furan rings is 1. The molecule has 2 aromatic rings. The van der Waals surface area contributed by atoms with Crippen molar-refractivity contribution < 1.29 is 41.4 Å². The van der Waals surface area contributed by atoms with Gasteiger partial charge in [0, 0.05) is 12.0 Å². The van der Waals surface area contributed by atoms with E-state index in [-0.39, 0.29) is 23.5 Å². The third-order valence-electron chi connectivity index (χ3n) is 3.61. The highest BCUT2D eigenvalue weighted by Crippen LogP contribution is 2.34. The van der Waals surface area contributed by atoms with E-state index in [1.807, 2.05) is 0 Å². The van der Waals surface area contributed by atoms with Crippen molar-refractivity contribution in [1.82, 2.24) is 5.32 Å². The highest BCUT2D eigenvalue weighted by atomic mass is 19.4. The molecule has 0 aliphatic rings. The molecular weight excluding hydrogens is 398 g/mol. The molecule has 1 atom stereocenters. The number of carbonyl (C=O) groups excluding carboxylic acids is 1. The third kappa shape index (κ3) is 6.23. The van der Waals surface area contributed by atoms with Crippen LogP contribution in [0.3, 0.4) is 0 Å². The summed E-state index contributed by atoms with van der Waals surface area (Å²) in [5, 5.41) is 11.5. The highest BCUT2D eigenvalue weighted by Gasteiger charge is 2.34. The van der Waals surface area contributed by atoms with Crippen molar-refractivity contribution in [2.75, 3.05) is 0 Å². The molecule has 0 saturated heterocycles. The monoisotopic (exact) mass is 417 g/mol. The Morgan fingerprint density at radius 2 is 1.83 bits per heavy atom. The van der Waals surface area contributed by atoms with Crippen LogP contribution in [0.1, 0.15) is 32.1 Å². The van der Waals surface area contributed by atoms with Crippen LogP contribution in [0.4, 0.5) is 22.4 Å². The van der Waals surface area contributed by atoms with Gasteiger partial charge in [-0.2, -0.15) is 13.2 Å². The number of amides is 1. The van der Waals surface area contributed by atoms with Gasteiger partial charge in [-0.15, -0.1) is 0 Å². The smallest absolute Gasteiger partial charge is 0.419 e. The molecule has 158 valence electrons. The summed E-state index contributed by atoms with van der Waals surface area (Å²) < 4.78 is 62.4. The Balaban J connectivity index is 2.18. The van der Waals surface area contributed by atoms with E-state index in [9.17, 15) is 32.3 Å². The van der Waals surface area contributed by atoms with Gasteiger partial charge >= 0.3 is 18.2 Å². The summed E-state index contributed by atoms with van der Waals surface area (Å²) in [6.07, 6.45) is -6.09. The van der Waals surface area contributed by atoms with E-state index in [4.69, 9.17) is 9.15 Å². The molecule has 29 heavy (non-hydrogen) atoms. The Bertz CT molecular complexity index is 899. The molecule has 1 unspecified atom stereocenters. The maximum atomic E-state index is 13.4. The lowest BCUT2D eigenvalue weighted by atomic mass is 10.1. The molecule has 1 amide bonds. The summed E-state index contributed by atoms with van der Waals surface area (Å²) in [6, 6.07) is 3.69. The molecule has 6 nitrogen and oxygen atoms in total. The van der Waals surface area contributed by atoms with Crippen LogP contribution in [0.5, 0.6) is 0 Å². The molecule has 10 heteroatoms. The topological polar surface area (TPSA) is 88.8 Å². The van der Waals surface area contributed by atoms with Gasteiger partial charge in [-0.1, -0.05) is 0 Å². The minimum Gasteiger partial charge on any atom is -0.480 e. The fourth-order valence-electron chi connectivity index (χ4n) is 2.39. The van der Waals surface area contributed by atoms with Gasteiger partial charge in [0.1, 0.15) is 29.0 Å². The van der Waals surface area contributed by atoms with E-state index < -0.39 is 41.3 Å². The minimum atomic E-state index is -4.87. The van der Waals surface area contributed by atoms with E-state index in [1.54, 1.807) is 20.8 Å². The number of alkyl halides is 3. The van der Waals surface area contributed by atoms with Crippen LogP contribution in [0, 0.1) is 5.82 Å². The molecule has 0 saturated carbocycles. The van der Waals surface area contributed by atoms with Gasteiger partial charge in [-0.3, -0.25) is 0 Å². The summed E-state index contributed by atoms with van der Waals surface area (Å²) >= 11 is 0. The molecule has 0 aliphatic carbocycles. The van der Waals surface area contributed by atoms with Crippen molar-refractivity contribution in [3.8, 4) is 11.3 Å².